The molecule has 1 unspecified atom stereocenters. The number of Topliss-reactive ketones (excluding diaryl/α,β-unsaturated/α-hetero) is 1. The van der Waals surface area contributed by atoms with Gasteiger partial charge in [-0.3, -0.25) is 9.59 Å². The van der Waals surface area contributed by atoms with Crippen LogP contribution in [0.1, 0.15) is 121 Å². The third kappa shape index (κ3) is 3.71. The first-order valence-corrected chi connectivity index (χ1v) is 14.3. The molecule has 0 amide bonds. The van der Waals surface area contributed by atoms with Gasteiger partial charge in [0.05, 0.1) is 0 Å². The van der Waals surface area contributed by atoms with Crippen molar-refractivity contribution in [2.45, 2.75) is 121 Å². The van der Waals surface area contributed by atoms with Crippen LogP contribution in [0.5, 0.6) is 0 Å². The fraction of sp³-hybridized carbons (Fsp3) is 0.875. The van der Waals surface area contributed by atoms with Crippen LogP contribution in [0.25, 0.3) is 0 Å². The first-order valence-electron chi connectivity index (χ1n) is 14.3. The molecule has 0 radical (unpaired) electrons. The van der Waals surface area contributed by atoms with Crippen molar-refractivity contribution in [3.8, 4) is 0 Å². The molecule has 0 spiro atoms. The van der Waals surface area contributed by atoms with E-state index in [2.05, 4.69) is 68.4 Å². The number of rotatable bonds is 4. The van der Waals surface area contributed by atoms with Crippen molar-refractivity contribution in [2.24, 2.45) is 56.7 Å². The quantitative estimate of drug-likeness (QED) is 0.415. The smallest absolute Gasteiger partial charge is 0.159 e. The second kappa shape index (κ2) is 8.04. The average molecular weight is 469 g/mol. The van der Waals surface area contributed by atoms with Crippen molar-refractivity contribution in [1.29, 1.82) is 0 Å². The Labute approximate surface area is 210 Å². The summed E-state index contributed by atoms with van der Waals surface area (Å²) in [4.78, 5) is 26.4. The van der Waals surface area contributed by atoms with E-state index >= 15 is 0 Å². The van der Waals surface area contributed by atoms with Crippen molar-refractivity contribution >= 4 is 11.6 Å². The van der Waals surface area contributed by atoms with Crippen molar-refractivity contribution in [1.82, 2.24) is 0 Å². The van der Waals surface area contributed by atoms with E-state index in [-0.39, 0.29) is 33.5 Å². The lowest BCUT2D eigenvalue weighted by Crippen LogP contribution is -2.57. The van der Waals surface area contributed by atoms with Gasteiger partial charge >= 0.3 is 0 Å². The summed E-state index contributed by atoms with van der Waals surface area (Å²) < 4.78 is 0. The van der Waals surface area contributed by atoms with Crippen LogP contribution >= 0.6 is 0 Å². The second-order valence-corrected chi connectivity index (χ2v) is 15.6. The van der Waals surface area contributed by atoms with Gasteiger partial charge in [-0.05, 0) is 95.9 Å². The number of allylic oxidation sites excluding steroid dienone is 2. The van der Waals surface area contributed by atoms with Gasteiger partial charge in [0.1, 0.15) is 5.78 Å². The summed E-state index contributed by atoms with van der Waals surface area (Å²) in [6.45, 7) is 24.0. The molecule has 4 rings (SSSR count). The minimum Gasteiger partial charge on any atom is -0.299 e. The van der Waals surface area contributed by atoms with E-state index in [1.807, 2.05) is 6.92 Å². The van der Waals surface area contributed by atoms with Gasteiger partial charge in [-0.15, -0.1) is 0 Å². The third-order valence-electron chi connectivity index (χ3n) is 12.4. The van der Waals surface area contributed by atoms with Gasteiger partial charge < -0.3 is 0 Å². The lowest BCUT2D eigenvalue weighted by Gasteiger charge is -2.61. The molecule has 4 aliphatic rings. The molecule has 192 valence electrons. The first-order chi connectivity index (χ1) is 15.5. The molecule has 0 aromatic heterocycles. The molecule has 2 heteroatoms. The fourth-order valence-corrected chi connectivity index (χ4v) is 9.32. The highest BCUT2D eigenvalue weighted by Crippen LogP contribution is 2.73. The molecular formula is C32H52O2. The van der Waals surface area contributed by atoms with Crippen molar-refractivity contribution in [3.05, 3.63) is 11.6 Å². The van der Waals surface area contributed by atoms with Gasteiger partial charge in [-0.2, -0.15) is 0 Å². The van der Waals surface area contributed by atoms with Crippen molar-refractivity contribution in [2.75, 3.05) is 0 Å². The number of carbonyl (C=O) groups excluding carboxylic acids is 2. The molecule has 3 saturated carbocycles. The van der Waals surface area contributed by atoms with Gasteiger partial charge in [0.25, 0.3) is 0 Å². The minimum atomic E-state index is -0.178. The molecule has 0 aromatic carbocycles. The molecule has 0 N–H and O–H groups in total. The van der Waals surface area contributed by atoms with Crippen LogP contribution in [-0.2, 0) is 9.59 Å². The first kappa shape index (κ1) is 26.2. The Morgan fingerprint density at radius 3 is 2.26 bits per heavy atom. The van der Waals surface area contributed by atoms with E-state index in [1.165, 1.54) is 37.7 Å². The van der Waals surface area contributed by atoms with Gasteiger partial charge in [-0.25, -0.2) is 0 Å². The van der Waals surface area contributed by atoms with Gasteiger partial charge in [0.15, 0.2) is 5.78 Å². The highest BCUT2D eigenvalue weighted by molar-refractivity contribution is 5.97. The number of ketones is 2. The van der Waals surface area contributed by atoms with Crippen molar-refractivity contribution < 1.29 is 9.59 Å². The van der Waals surface area contributed by atoms with Gasteiger partial charge in [0, 0.05) is 18.3 Å². The molecule has 0 saturated heterocycles. The molecule has 4 aliphatic carbocycles. The molecule has 8 atom stereocenters. The number of hydrogen-bond acceptors (Lipinski definition) is 2. The molecule has 34 heavy (non-hydrogen) atoms. The van der Waals surface area contributed by atoms with E-state index in [1.54, 1.807) is 0 Å². The van der Waals surface area contributed by atoms with E-state index < -0.39 is 0 Å². The SMILES string of the molecule is C[C@H](CCC(C)(C)C)C(C)(C)[C@H]1CC[C@@]2(C)C3=CC(=O)[C@@H]4C[C@H](C)C(=O)C[C@]4(C)C3CC[C@]12C. The summed E-state index contributed by atoms with van der Waals surface area (Å²) in [6, 6.07) is 0. The van der Waals surface area contributed by atoms with Gasteiger partial charge in [-0.1, -0.05) is 74.8 Å². The molecule has 0 heterocycles. The zero-order valence-corrected chi connectivity index (χ0v) is 23.9. The normalized spacial score (nSPS) is 43.6. The van der Waals surface area contributed by atoms with E-state index in [4.69, 9.17) is 0 Å². The Morgan fingerprint density at radius 2 is 1.65 bits per heavy atom. The van der Waals surface area contributed by atoms with Crippen LogP contribution in [0.15, 0.2) is 11.6 Å². The predicted molar refractivity (Wildman–Crippen MR) is 141 cm³/mol. The molecule has 0 aliphatic heterocycles. The van der Waals surface area contributed by atoms with E-state index in [9.17, 15) is 9.59 Å². The van der Waals surface area contributed by atoms with Crippen LogP contribution in [-0.4, -0.2) is 11.6 Å². The highest BCUT2D eigenvalue weighted by atomic mass is 16.1. The topological polar surface area (TPSA) is 34.1 Å². The Balaban J connectivity index is 1.67. The van der Waals surface area contributed by atoms with E-state index in [0.717, 1.165) is 12.8 Å². The summed E-state index contributed by atoms with van der Waals surface area (Å²) >= 11 is 0. The standard InChI is InChI=1S/C32H52O2/c1-20-17-24-25(33)18-23-22(30(24,8)19-26(20)34)12-15-32(10)27(13-16-31(23,32)9)29(6,7)21(2)11-14-28(3,4)5/h18,20-22,24,27H,11-17,19H2,1-10H3/t20-,21+,22?,24-,27+,30+,31-,32+/m0/s1. The molecule has 0 bridgehead atoms. The monoisotopic (exact) mass is 468 g/mol. The lowest BCUT2D eigenvalue weighted by molar-refractivity contribution is -0.142. The van der Waals surface area contributed by atoms with Gasteiger partial charge in [0.2, 0.25) is 0 Å². The number of hydrogen-bond donors (Lipinski definition) is 0. The maximum Gasteiger partial charge on any atom is 0.159 e. The van der Waals surface area contributed by atoms with Crippen LogP contribution in [0.3, 0.4) is 0 Å². The van der Waals surface area contributed by atoms with Crippen LogP contribution in [0.2, 0.25) is 0 Å². The van der Waals surface area contributed by atoms with E-state index in [0.29, 0.717) is 41.2 Å². The number of fused-ring (bicyclic) bond motifs is 5. The van der Waals surface area contributed by atoms with Crippen molar-refractivity contribution in [3.63, 3.8) is 0 Å². The Kier molecular flexibility index (Phi) is 6.18. The summed E-state index contributed by atoms with van der Waals surface area (Å²) in [7, 11) is 0. The largest absolute Gasteiger partial charge is 0.299 e. The number of carbonyl (C=O) groups is 2. The second-order valence-electron chi connectivity index (χ2n) is 15.6. The summed E-state index contributed by atoms with van der Waals surface area (Å²) in [5, 5.41) is 0. The maximum atomic E-state index is 13.6. The Bertz CT molecular complexity index is 887. The molecular weight excluding hydrogens is 416 g/mol. The fourth-order valence-electron chi connectivity index (χ4n) is 9.32. The Morgan fingerprint density at radius 1 is 1.00 bits per heavy atom. The van der Waals surface area contributed by atoms with Crippen LogP contribution in [0, 0.1) is 56.7 Å². The van der Waals surface area contributed by atoms with Crippen LogP contribution < -0.4 is 0 Å². The highest BCUT2D eigenvalue weighted by Gasteiger charge is 2.66. The zero-order valence-electron chi connectivity index (χ0n) is 23.9. The van der Waals surface area contributed by atoms with Crippen LogP contribution in [0.4, 0.5) is 0 Å². The summed E-state index contributed by atoms with van der Waals surface area (Å²) in [5.41, 5.74) is 2.18. The molecule has 2 nitrogen and oxygen atoms in total. The maximum absolute atomic E-state index is 13.6. The predicted octanol–water partition coefficient (Wildman–Crippen LogP) is 8.44. The zero-order chi connectivity index (χ0) is 25.5. The minimum absolute atomic E-state index is 0.0349. The molecule has 3 fully saturated rings. The lowest BCUT2D eigenvalue weighted by atomic mass is 9.42. The third-order valence-corrected chi connectivity index (χ3v) is 12.4. The summed E-state index contributed by atoms with van der Waals surface area (Å²) in [5.74, 6) is 2.50. The Hall–Kier alpha value is -0.920. The summed E-state index contributed by atoms with van der Waals surface area (Å²) in [6.07, 6.45) is 10.8. The molecule has 0 aromatic rings. The average Bonchev–Trinajstić information content (AvgIpc) is 3.00.